The monoisotopic (exact) mass is 273 g/mol. The number of nitrogens with zero attached hydrogens (tertiary/aromatic N) is 1. The van der Waals surface area contributed by atoms with Gasteiger partial charge in [0.2, 0.25) is 0 Å². The Balaban J connectivity index is 2.68. The maximum absolute atomic E-state index is 11.2. The average molecular weight is 274 g/mol. The van der Waals surface area contributed by atoms with E-state index < -0.39 is 6.09 Å². The summed E-state index contributed by atoms with van der Waals surface area (Å²) in [6.07, 6.45) is 0.746. The molecule has 0 atom stereocenters. The number of pyridine rings is 1. The van der Waals surface area contributed by atoms with Crippen LogP contribution in [0.25, 0.3) is 0 Å². The van der Waals surface area contributed by atoms with E-state index in [1.807, 2.05) is 0 Å². The van der Waals surface area contributed by atoms with Crippen LogP contribution in [0.15, 0.2) is 16.7 Å². The van der Waals surface area contributed by atoms with E-state index in [9.17, 15) is 4.79 Å². The van der Waals surface area contributed by atoms with Crippen molar-refractivity contribution in [3.8, 4) is 0 Å². The first-order chi connectivity index (χ1) is 6.99. The van der Waals surface area contributed by atoms with Gasteiger partial charge in [0.15, 0.2) is 0 Å². The van der Waals surface area contributed by atoms with Gasteiger partial charge in [-0.3, -0.25) is 5.32 Å². The van der Waals surface area contributed by atoms with Crippen LogP contribution in [0.2, 0.25) is 0 Å². The lowest BCUT2D eigenvalue weighted by Crippen LogP contribution is -2.18. The van der Waals surface area contributed by atoms with Crippen molar-refractivity contribution in [2.24, 2.45) is 0 Å². The summed E-state index contributed by atoms with van der Waals surface area (Å²) in [5, 5.41) is 2.49. The van der Waals surface area contributed by atoms with Crippen molar-refractivity contribution in [1.29, 1.82) is 0 Å². The summed E-state index contributed by atoms with van der Waals surface area (Å²) in [6, 6.07) is 1.65. The molecule has 3 N–H and O–H groups in total. The molecule has 1 aromatic heterocycles. The molecule has 82 valence electrons. The number of nitrogens with one attached hydrogen (secondary N) is 1. The highest BCUT2D eigenvalue weighted by atomic mass is 79.9. The van der Waals surface area contributed by atoms with Crippen LogP contribution >= 0.6 is 15.9 Å². The molecule has 1 amide bonds. The first-order valence-electron chi connectivity index (χ1n) is 4.37. The van der Waals surface area contributed by atoms with Gasteiger partial charge in [0.05, 0.1) is 22.5 Å². The Morgan fingerprint density at radius 3 is 2.87 bits per heavy atom. The number of rotatable bonds is 2. The predicted octanol–water partition coefficient (Wildman–Crippen LogP) is 2.38. The number of nitrogen functional groups attached to an aromatic ring is 1. The van der Waals surface area contributed by atoms with Gasteiger partial charge in [0, 0.05) is 0 Å². The van der Waals surface area contributed by atoms with E-state index >= 15 is 0 Å². The van der Waals surface area contributed by atoms with E-state index in [0.29, 0.717) is 16.0 Å². The van der Waals surface area contributed by atoms with E-state index in [2.05, 4.69) is 26.2 Å². The minimum atomic E-state index is -0.539. The Morgan fingerprint density at radius 1 is 1.67 bits per heavy atom. The predicted molar refractivity (Wildman–Crippen MR) is 61.6 cm³/mol. The quantitative estimate of drug-likeness (QED) is 0.868. The van der Waals surface area contributed by atoms with Crippen LogP contribution in [-0.4, -0.2) is 17.2 Å². The number of amides is 1. The number of halogens is 1. The molecule has 0 saturated heterocycles. The second-order valence-corrected chi connectivity index (χ2v) is 4.03. The SMILES string of the molecule is CC(C)OC(=O)Nc1ncc(N)cc1Br. The van der Waals surface area contributed by atoms with Gasteiger partial charge in [0.25, 0.3) is 0 Å². The van der Waals surface area contributed by atoms with Crippen LogP contribution in [-0.2, 0) is 4.74 Å². The van der Waals surface area contributed by atoms with Gasteiger partial charge in [0.1, 0.15) is 5.82 Å². The highest BCUT2D eigenvalue weighted by Gasteiger charge is 2.09. The molecule has 0 aliphatic rings. The van der Waals surface area contributed by atoms with Gasteiger partial charge >= 0.3 is 6.09 Å². The second-order valence-electron chi connectivity index (χ2n) is 3.18. The van der Waals surface area contributed by atoms with E-state index in [1.165, 1.54) is 6.20 Å². The lowest BCUT2D eigenvalue weighted by atomic mass is 10.4. The Bertz CT molecular complexity index is 368. The summed E-state index contributed by atoms with van der Waals surface area (Å²) in [7, 11) is 0. The Morgan fingerprint density at radius 2 is 2.33 bits per heavy atom. The molecule has 15 heavy (non-hydrogen) atoms. The first kappa shape index (κ1) is 11.8. The second kappa shape index (κ2) is 4.97. The van der Waals surface area contributed by atoms with E-state index in [0.717, 1.165) is 0 Å². The molecular formula is C9H12BrN3O2. The fourth-order valence-corrected chi connectivity index (χ4v) is 1.35. The number of carbonyl (C=O) groups excluding carboxylic acids is 1. The third-order valence-corrected chi connectivity index (χ3v) is 2.03. The molecule has 0 aliphatic heterocycles. The molecule has 0 aliphatic carbocycles. The van der Waals surface area contributed by atoms with E-state index in [1.54, 1.807) is 19.9 Å². The van der Waals surface area contributed by atoms with Gasteiger partial charge in [-0.15, -0.1) is 0 Å². The minimum absolute atomic E-state index is 0.169. The lowest BCUT2D eigenvalue weighted by Gasteiger charge is -2.09. The molecule has 0 unspecified atom stereocenters. The van der Waals surface area contributed by atoms with Gasteiger partial charge in [-0.05, 0) is 35.8 Å². The summed E-state index contributed by atoms with van der Waals surface area (Å²) in [5.74, 6) is 0.384. The van der Waals surface area contributed by atoms with Gasteiger partial charge in [-0.2, -0.15) is 0 Å². The standard InChI is InChI=1S/C9H12BrN3O2/c1-5(2)15-9(14)13-8-7(10)3-6(11)4-12-8/h3-5H,11H2,1-2H3,(H,12,13,14). The summed E-state index contributed by atoms with van der Waals surface area (Å²) in [6.45, 7) is 3.54. The third kappa shape index (κ3) is 3.75. The average Bonchev–Trinajstić information content (AvgIpc) is 2.08. The fourth-order valence-electron chi connectivity index (χ4n) is 0.885. The normalized spacial score (nSPS) is 10.1. The molecule has 1 aromatic rings. The summed E-state index contributed by atoms with van der Waals surface area (Å²) in [5.41, 5.74) is 6.02. The highest BCUT2D eigenvalue weighted by Crippen LogP contribution is 2.21. The van der Waals surface area contributed by atoms with Crippen LogP contribution < -0.4 is 11.1 Å². The molecule has 1 heterocycles. The number of aromatic nitrogens is 1. The summed E-state index contributed by atoms with van der Waals surface area (Å²) in [4.78, 5) is 15.2. The lowest BCUT2D eigenvalue weighted by molar-refractivity contribution is 0.130. The maximum atomic E-state index is 11.2. The van der Waals surface area contributed by atoms with Crippen LogP contribution in [0, 0.1) is 0 Å². The molecule has 0 bridgehead atoms. The zero-order valence-electron chi connectivity index (χ0n) is 8.45. The van der Waals surface area contributed by atoms with Crippen molar-refractivity contribution in [1.82, 2.24) is 4.98 Å². The van der Waals surface area contributed by atoms with Crippen molar-refractivity contribution in [2.45, 2.75) is 20.0 Å². The number of nitrogens with two attached hydrogens (primary N) is 1. The molecule has 0 spiro atoms. The van der Waals surface area contributed by atoms with Crippen molar-refractivity contribution in [2.75, 3.05) is 11.1 Å². The molecule has 0 saturated carbocycles. The summed E-state index contributed by atoms with van der Waals surface area (Å²) < 4.78 is 5.51. The molecule has 0 aromatic carbocycles. The third-order valence-electron chi connectivity index (χ3n) is 1.43. The fraction of sp³-hybridized carbons (Fsp3) is 0.333. The van der Waals surface area contributed by atoms with Gasteiger partial charge in [-0.25, -0.2) is 9.78 Å². The van der Waals surface area contributed by atoms with Crippen LogP contribution in [0.1, 0.15) is 13.8 Å². The van der Waals surface area contributed by atoms with Crippen molar-refractivity contribution in [3.63, 3.8) is 0 Å². The number of hydrogen-bond donors (Lipinski definition) is 2. The smallest absolute Gasteiger partial charge is 0.413 e. The molecular weight excluding hydrogens is 262 g/mol. The van der Waals surface area contributed by atoms with Crippen molar-refractivity contribution in [3.05, 3.63) is 16.7 Å². The van der Waals surface area contributed by atoms with Crippen molar-refractivity contribution >= 4 is 33.5 Å². The molecule has 0 fully saturated rings. The van der Waals surface area contributed by atoms with E-state index in [-0.39, 0.29) is 6.10 Å². The van der Waals surface area contributed by atoms with Crippen LogP contribution in [0.5, 0.6) is 0 Å². The largest absolute Gasteiger partial charge is 0.447 e. The van der Waals surface area contributed by atoms with Crippen molar-refractivity contribution < 1.29 is 9.53 Å². The topological polar surface area (TPSA) is 77.2 Å². The summed E-state index contributed by atoms with van der Waals surface area (Å²) >= 11 is 3.23. The zero-order valence-corrected chi connectivity index (χ0v) is 10.0. The van der Waals surface area contributed by atoms with Gasteiger partial charge < -0.3 is 10.5 Å². The Kier molecular flexibility index (Phi) is 3.90. The number of anilines is 2. The number of carbonyl (C=O) groups is 1. The number of ether oxygens (including phenoxy) is 1. The minimum Gasteiger partial charge on any atom is -0.447 e. The Hall–Kier alpha value is -1.30. The first-order valence-corrected chi connectivity index (χ1v) is 5.17. The highest BCUT2D eigenvalue weighted by molar-refractivity contribution is 9.10. The van der Waals surface area contributed by atoms with Crippen LogP contribution in [0.3, 0.4) is 0 Å². The molecule has 0 radical (unpaired) electrons. The number of hydrogen-bond acceptors (Lipinski definition) is 4. The van der Waals surface area contributed by atoms with E-state index in [4.69, 9.17) is 10.5 Å². The molecule has 1 rings (SSSR count). The van der Waals surface area contributed by atoms with Crippen LogP contribution in [0.4, 0.5) is 16.3 Å². The zero-order chi connectivity index (χ0) is 11.4. The maximum Gasteiger partial charge on any atom is 0.413 e. The Labute approximate surface area is 96.1 Å². The molecule has 5 nitrogen and oxygen atoms in total. The van der Waals surface area contributed by atoms with Gasteiger partial charge in [-0.1, -0.05) is 0 Å². The molecule has 6 heteroatoms.